The third-order valence-corrected chi connectivity index (χ3v) is 2.92. The van der Waals surface area contributed by atoms with E-state index in [0.717, 1.165) is 18.8 Å². The molecule has 13 heavy (non-hydrogen) atoms. The SMILES string of the molecule is CCC(=O)CC(CC)CC(C)CC. The van der Waals surface area contributed by atoms with E-state index in [2.05, 4.69) is 20.8 Å². The van der Waals surface area contributed by atoms with Gasteiger partial charge < -0.3 is 0 Å². The molecule has 0 aliphatic rings. The van der Waals surface area contributed by atoms with Crippen LogP contribution in [-0.2, 0) is 4.79 Å². The predicted molar refractivity (Wildman–Crippen MR) is 57.8 cm³/mol. The number of rotatable bonds is 7. The fourth-order valence-corrected chi connectivity index (χ4v) is 1.60. The normalized spacial score (nSPS) is 15.4. The van der Waals surface area contributed by atoms with Crippen LogP contribution in [0.15, 0.2) is 0 Å². The summed E-state index contributed by atoms with van der Waals surface area (Å²) >= 11 is 0. The summed E-state index contributed by atoms with van der Waals surface area (Å²) < 4.78 is 0. The lowest BCUT2D eigenvalue weighted by atomic mass is 9.88. The average Bonchev–Trinajstić information content (AvgIpc) is 2.16. The van der Waals surface area contributed by atoms with E-state index in [4.69, 9.17) is 0 Å². The van der Waals surface area contributed by atoms with Crippen molar-refractivity contribution in [1.29, 1.82) is 0 Å². The van der Waals surface area contributed by atoms with Crippen molar-refractivity contribution in [2.45, 2.75) is 59.8 Å². The zero-order valence-corrected chi connectivity index (χ0v) is 9.60. The van der Waals surface area contributed by atoms with Crippen LogP contribution in [0.25, 0.3) is 0 Å². The highest BCUT2D eigenvalue weighted by Crippen LogP contribution is 2.21. The third kappa shape index (κ3) is 5.84. The Bertz CT molecular complexity index is 140. The van der Waals surface area contributed by atoms with Gasteiger partial charge in [-0.3, -0.25) is 4.79 Å². The molecule has 0 heterocycles. The first-order valence-electron chi connectivity index (χ1n) is 5.65. The Labute approximate surface area is 82.9 Å². The molecule has 0 bridgehead atoms. The van der Waals surface area contributed by atoms with Gasteiger partial charge in [0.2, 0.25) is 0 Å². The maximum Gasteiger partial charge on any atom is 0.132 e. The molecule has 0 amide bonds. The second-order valence-electron chi connectivity index (χ2n) is 4.12. The molecular formula is C12H24O. The standard InChI is InChI=1S/C12H24O/c1-5-10(4)8-11(6-2)9-12(13)7-3/h10-11H,5-9H2,1-4H3. The number of carbonyl (C=O) groups excluding carboxylic acids is 1. The Morgan fingerprint density at radius 2 is 1.77 bits per heavy atom. The molecule has 78 valence electrons. The topological polar surface area (TPSA) is 17.1 Å². The van der Waals surface area contributed by atoms with Crippen molar-refractivity contribution < 1.29 is 4.79 Å². The van der Waals surface area contributed by atoms with E-state index in [9.17, 15) is 4.79 Å². The van der Waals surface area contributed by atoms with Gasteiger partial charge in [0.1, 0.15) is 5.78 Å². The van der Waals surface area contributed by atoms with Crippen LogP contribution in [0.1, 0.15) is 59.8 Å². The summed E-state index contributed by atoms with van der Waals surface area (Å²) in [5.41, 5.74) is 0. The minimum Gasteiger partial charge on any atom is -0.300 e. The Kier molecular flexibility index (Phi) is 6.93. The molecule has 0 saturated heterocycles. The third-order valence-electron chi connectivity index (χ3n) is 2.92. The molecule has 1 heteroatoms. The first-order valence-corrected chi connectivity index (χ1v) is 5.65. The van der Waals surface area contributed by atoms with Crippen LogP contribution < -0.4 is 0 Å². The number of carbonyl (C=O) groups is 1. The largest absolute Gasteiger partial charge is 0.300 e. The van der Waals surface area contributed by atoms with Gasteiger partial charge in [0.15, 0.2) is 0 Å². The van der Waals surface area contributed by atoms with Crippen molar-refractivity contribution in [2.24, 2.45) is 11.8 Å². The first-order chi connectivity index (χ1) is 6.13. The summed E-state index contributed by atoms with van der Waals surface area (Å²) in [6, 6.07) is 0. The van der Waals surface area contributed by atoms with Crippen molar-refractivity contribution >= 4 is 5.78 Å². The highest BCUT2D eigenvalue weighted by atomic mass is 16.1. The van der Waals surface area contributed by atoms with Crippen molar-refractivity contribution in [1.82, 2.24) is 0 Å². The van der Waals surface area contributed by atoms with E-state index in [1.54, 1.807) is 0 Å². The predicted octanol–water partition coefficient (Wildman–Crippen LogP) is 3.82. The maximum atomic E-state index is 11.3. The zero-order chi connectivity index (χ0) is 10.3. The lowest BCUT2D eigenvalue weighted by Crippen LogP contribution is -2.10. The summed E-state index contributed by atoms with van der Waals surface area (Å²) in [5, 5.41) is 0. The molecule has 0 aromatic rings. The smallest absolute Gasteiger partial charge is 0.132 e. The highest BCUT2D eigenvalue weighted by molar-refractivity contribution is 5.78. The van der Waals surface area contributed by atoms with Gasteiger partial charge in [-0.05, 0) is 18.3 Å². The molecule has 0 aromatic heterocycles. The van der Waals surface area contributed by atoms with Crippen LogP contribution in [0.3, 0.4) is 0 Å². The fraction of sp³-hybridized carbons (Fsp3) is 0.917. The zero-order valence-electron chi connectivity index (χ0n) is 9.60. The van der Waals surface area contributed by atoms with Crippen LogP contribution >= 0.6 is 0 Å². The van der Waals surface area contributed by atoms with Gasteiger partial charge >= 0.3 is 0 Å². The van der Waals surface area contributed by atoms with Gasteiger partial charge in [-0.15, -0.1) is 0 Å². The van der Waals surface area contributed by atoms with E-state index in [1.165, 1.54) is 12.8 Å². The number of ketones is 1. The molecule has 1 nitrogen and oxygen atoms in total. The average molecular weight is 184 g/mol. The maximum absolute atomic E-state index is 11.3. The molecule has 0 aliphatic heterocycles. The van der Waals surface area contributed by atoms with Crippen LogP contribution in [-0.4, -0.2) is 5.78 Å². The van der Waals surface area contributed by atoms with Gasteiger partial charge in [-0.25, -0.2) is 0 Å². The lowest BCUT2D eigenvalue weighted by molar-refractivity contribution is -0.119. The van der Waals surface area contributed by atoms with E-state index in [0.29, 0.717) is 18.1 Å². The lowest BCUT2D eigenvalue weighted by Gasteiger charge is -2.17. The second kappa shape index (κ2) is 7.11. The molecule has 0 aliphatic carbocycles. The van der Waals surface area contributed by atoms with Crippen molar-refractivity contribution in [3.05, 3.63) is 0 Å². The Morgan fingerprint density at radius 1 is 1.15 bits per heavy atom. The summed E-state index contributed by atoms with van der Waals surface area (Å²) in [6.07, 6.45) is 5.11. The minimum absolute atomic E-state index is 0.426. The van der Waals surface area contributed by atoms with Crippen LogP contribution in [0.4, 0.5) is 0 Å². The summed E-state index contributed by atoms with van der Waals surface area (Å²) in [5.74, 6) is 1.83. The number of hydrogen-bond acceptors (Lipinski definition) is 1. The highest BCUT2D eigenvalue weighted by Gasteiger charge is 2.13. The van der Waals surface area contributed by atoms with Crippen molar-refractivity contribution in [2.75, 3.05) is 0 Å². The molecule has 2 atom stereocenters. The molecule has 0 spiro atoms. The molecular weight excluding hydrogens is 160 g/mol. The van der Waals surface area contributed by atoms with E-state index in [-0.39, 0.29) is 0 Å². The van der Waals surface area contributed by atoms with E-state index >= 15 is 0 Å². The molecule has 0 saturated carbocycles. The van der Waals surface area contributed by atoms with Gasteiger partial charge in [-0.2, -0.15) is 0 Å². The van der Waals surface area contributed by atoms with Gasteiger partial charge in [0.05, 0.1) is 0 Å². The van der Waals surface area contributed by atoms with Gasteiger partial charge in [0, 0.05) is 12.8 Å². The molecule has 0 rings (SSSR count). The van der Waals surface area contributed by atoms with E-state index < -0.39 is 0 Å². The monoisotopic (exact) mass is 184 g/mol. The summed E-state index contributed by atoms with van der Waals surface area (Å²) in [4.78, 5) is 11.3. The quantitative estimate of drug-likeness (QED) is 0.588. The van der Waals surface area contributed by atoms with Crippen molar-refractivity contribution in [3.8, 4) is 0 Å². The van der Waals surface area contributed by atoms with Gasteiger partial charge in [0.25, 0.3) is 0 Å². The minimum atomic E-state index is 0.426. The molecule has 0 N–H and O–H groups in total. The first kappa shape index (κ1) is 12.7. The summed E-state index contributed by atoms with van der Waals surface area (Å²) in [6.45, 7) is 8.65. The number of hydrogen-bond donors (Lipinski definition) is 0. The van der Waals surface area contributed by atoms with E-state index in [1.807, 2.05) is 6.92 Å². The second-order valence-corrected chi connectivity index (χ2v) is 4.12. The number of Topliss-reactive ketones (excluding diaryl/α,β-unsaturated/α-hetero) is 1. The van der Waals surface area contributed by atoms with Crippen LogP contribution in [0.2, 0.25) is 0 Å². The molecule has 0 fully saturated rings. The molecule has 2 unspecified atom stereocenters. The molecule has 0 aromatic carbocycles. The van der Waals surface area contributed by atoms with Gasteiger partial charge in [-0.1, -0.05) is 40.5 Å². The van der Waals surface area contributed by atoms with Crippen LogP contribution in [0.5, 0.6) is 0 Å². The summed E-state index contributed by atoms with van der Waals surface area (Å²) in [7, 11) is 0. The molecule has 0 radical (unpaired) electrons. The Hall–Kier alpha value is -0.330. The fourth-order valence-electron chi connectivity index (χ4n) is 1.60. The van der Waals surface area contributed by atoms with Crippen molar-refractivity contribution in [3.63, 3.8) is 0 Å². The Balaban J connectivity index is 3.81. The van der Waals surface area contributed by atoms with Crippen LogP contribution in [0, 0.1) is 11.8 Å². The Morgan fingerprint density at radius 3 is 2.15 bits per heavy atom.